The fourth-order valence-corrected chi connectivity index (χ4v) is 4.15. The maximum Gasteiger partial charge on any atom is 0.307 e. The van der Waals surface area contributed by atoms with E-state index in [2.05, 4.69) is 17.3 Å². The van der Waals surface area contributed by atoms with E-state index in [9.17, 15) is 14.7 Å². The van der Waals surface area contributed by atoms with Gasteiger partial charge in [0.15, 0.2) is 0 Å². The molecule has 3 aliphatic rings. The second kappa shape index (κ2) is 5.79. The van der Waals surface area contributed by atoms with Gasteiger partial charge in [-0.05, 0) is 57.2 Å². The van der Waals surface area contributed by atoms with Gasteiger partial charge in [-0.1, -0.05) is 12.2 Å². The topological polar surface area (TPSA) is 69.6 Å². The third kappa shape index (κ3) is 2.84. The number of carbonyl (C=O) groups excluding carboxylic acids is 1. The van der Waals surface area contributed by atoms with E-state index in [1.54, 1.807) is 0 Å². The molecule has 1 heterocycles. The molecule has 3 rings (SSSR count). The summed E-state index contributed by atoms with van der Waals surface area (Å²) in [7, 11) is 2.12. The fourth-order valence-electron chi connectivity index (χ4n) is 4.15. The molecule has 0 spiro atoms. The van der Waals surface area contributed by atoms with Crippen LogP contribution in [-0.2, 0) is 9.59 Å². The summed E-state index contributed by atoms with van der Waals surface area (Å²) in [6, 6.07) is 0. The number of amides is 1. The minimum atomic E-state index is -0.828. The molecule has 2 bridgehead atoms. The molecule has 0 aromatic rings. The van der Waals surface area contributed by atoms with E-state index >= 15 is 0 Å². The molecule has 4 atom stereocenters. The number of nitrogens with zero attached hydrogens (tertiary/aromatic N) is 1. The van der Waals surface area contributed by atoms with Gasteiger partial charge in [0.1, 0.15) is 0 Å². The molecule has 5 heteroatoms. The molecule has 5 nitrogen and oxygen atoms in total. The zero-order valence-electron chi connectivity index (χ0n) is 12.5. The van der Waals surface area contributed by atoms with E-state index in [1.165, 1.54) is 0 Å². The van der Waals surface area contributed by atoms with Gasteiger partial charge in [0.25, 0.3) is 0 Å². The molecular formula is C16H24N2O3. The zero-order chi connectivity index (χ0) is 15.0. The number of likely N-dealkylation sites (tertiary alicyclic amines) is 1. The van der Waals surface area contributed by atoms with Gasteiger partial charge < -0.3 is 15.3 Å². The van der Waals surface area contributed by atoms with Gasteiger partial charge in [-0.15, -0.1) is 0 Å². The first-order chi connectivity index (χ1) is 10.1. The summed E-state index contributed by atoms with van der Waals surface area (Å²) < 4.78 is 0. The number of fused-ring (bicyclic) bond motifs is 2. The van der Waals surface area contributed by atoms with Gasteiger partial charge in [0.05, 0.1) is 11.8 Å². The second-order valence-corrected chi connectivity index (χ2v) is 6.83. The summed E-state index contributed by atoms with van der Waals surface area (Å²) >= 11 is 0. The molecule has 21 heavy (non-hydrogen) atoms. The number of carboxylic acid groups (broad SMARTS) is 1. The van der Waals surface area contributed by atoms with Crippen LogP contribution in [0.2, 0.25) is 0 Å². The van der Waals surface area contributed by atoms with Crippen LogP contribution in [0.1, 0.15) is 19.3 Å². The largest absolute Gasteiger partial charge is 0.481 e. The van der Waals surface area contributed by atoms with E-state index in [0.717, 1.165) is 32.4 Å². The highest BCUT2D eigenvalue weighted by Crippen LogP contribution is 2.48. The Hall–Kier alpha value is -1.36. The van der Waals surface area contributed by atoms with Crippen LogP contribution in [0, 0.1) is 29.6 Å². The molecule has 2 fully saturated rings. The number of piperidine rings is 1. The summed E-state index contributed by atoms with van der Waals surface area (Å²) in [4.78, 5) is 26.2. The van der Waals surface area contributed by atoms with Crippen molar-refractivity contribution in [3.63, 3.8) is 0 Å². The first-order valence-corrected chi connectivity index (χ1v) is 7.93. The molecule has 0 radical (unpaired) electrons. The minimum absolute atomic E-state index is 0.0478. The summed E-state index contributed by atoms with van der Waals surface area (Å²) in [5, 5.41) is 12.4. The predicted octanol–water partition coefficient (Wildman–Crippen LogP) is 0.967. The lowest BCUT2D eigenvalue weighted by molar-refractivity contribution is -0.147. The van der Waals surface area contributed by atoms with Crippen molar-refractivity contribution in [3.05, 3.63) is 12.2 Å². The van der Waals surface area contributed by atoms with Crippen molar-refractivity contribution in [1.29, 1.82) is 0 Å². The maximum atomic E-state index is 12.4. The molecule has 0 aromatic carbocycles. The van der Waals surface area contributed by atoms with Crippen molar-refractivity contribution >= 4 is 11.9 Å². The Balaban J connectivity index is 1.55. The van der Waals surface area contributed by atoms with Crippen molar-refractivity contribution < 1.29 is 14.7 Å². The second-order valence-electron chi connectivity index (χ2n) is 6.83. The van der Waals surface area contributed by atoms with Crippen molar-refractivity contribution in [2.75, 3.05) is 26.7 Å². The van der Waals surface area contributed by atoms with Crippen molar-refractivity contribution in [2.24, 2.45) is 29.6 Å². The molecule has 2 aliphatic carbocycles. The highest BCUT2D eigenvalue weighted by Gasteiger charge is 2.51. The number of carboxylic acids is 1. The Morgan fingerprint density at radius 1 is 1.19 bits per heavy atom. The number of hydrogen-bond donors (Lipinski definition) is 2. The number of hydrogen-bond acceptors (Lipinski definition) is 3. The van der Waals surface area contributed by atoms with Crippen molar-refractivity contribution in [1.82, 2.24) is 10.2 Å². The minimum Gasteiger partial charge on any atom is -0.481 e. The molecule has 1 amide bonds. The normalized spacial score (nSPS) is 36.0. The summed E-state index contributed by atoms with van der Waals surface area (Å²) in [6.07, 6.45) is 7.04. The average Bonchev–Trinajstić information content (AvgIpc) is 3.06. The zero-order valence-corrected chi connectivity index (χ0v) is 12.5. The number of nitrogens with one attached hydrogen (secondary N) is 1. The highest BCUT2D eigenvalue weighted by atomic mass is 16.4. The molecule has 0 aromatic heterocycles. The van der Waals surface area contributed by atoms with Gasteiger partial charge in [0.2, 0.25) is 5.91 Å². The number of aliphatic carboxylic acids is 1. The van der Waals surface area contributed by atoms with Crippen LogP contribution >= 0.6 is 0 Å². The van der Waals surface area contributed by atoms with E-state index in [-0.39, 0.29) is 23.7 Å². The van der Waals surface area contributed by atoms with Gasteiger partial charge in [-0.25, -0.2) is 0 Å². The first-order valence-electron chi connectivity index (χ1n) is 7.93. The van der Waals surface area contributed by atoms with Gasteiger partial charge >= 0.3 is 5.97 Å². The molecule has 4 unspecified atom stereocenters. The Morgan fingerprint density at radius 3 is 2.43 bits per heavy atom. The van der Waals surface area contributed by atoms with Crippen LogP contribution in [0.5, 0.6) is 0 Å². The SMILES string of the molecule is CN1CCC(CNC(=O)C2C3C=CC(C3)C2C(=O)O)CC1. The van der Waals surface area contributed by atoms with Gasteiger partial charge in [-0.3, -0.25) is 9.59 Å². The predicted molar refractivity (Wildman–Crippen MR) is 78.6 cm³/mol. The molecule has 1 aliphatic heterocycles. The third-order valence-electron chi connectivity index (χ3n) is 5.45. The van der Waals surface area contributed by atoms with E-state index in [4.69, 9.17) is 0 Å². The quantitative estimate of drug-likeness (QED) is 0.758. The van der Waals surface area contributed by atoms with Crippen LogP contribution in [0.3, 0.4) is 0 Å². The van der Waals surface area contributed by atoms with Crippen LogP contribution in [-0.4, -0.2) is 48.6 Å². The summed E-state index contributed by atoms with van der Waals surface area (Å²) in [5.74, 6) is -1.09. The van der Waals surface area contributed by atoms with Crippen LogP contribution < -0.4 is 5.32 Å². The smallest absolute Gasteiger partial charge is 0.307 e. The van der Waals surface area contributed by atoms with E-state index < -0.39 is 11.9 Å². The highest BCUT2D eigenvalue weighted by molar-refractivity contribution is 5.86. The summed E-state index contributed by atoms with van der Waals surface area (Å²) in [5.41, 5.74) is 0. The Morgan fingerprint density at radius 2 is 1.81 bits per heavy atom. The first kappa shape index (κ1) is 14.6. The molecule has 1 saturated heterocycles. The fraction of sp³-hybridized carbons (Fsp3) is 0.750. The third-order valence-corrected chi connectivity index (χ3v) is 5.45. The Kier molecular flexibility index (Phi) is 4.02. The van der Waals surface area contributed by atoms with Gasteiger partial charge in [0, 0.05) is 6.54 Å². The number of rotatable bonds is 4. The molecule has 2 N–H and O–H groups in total. The Labute approximate surface area is 125 Å². The lowest BCUT2D eigenvalue weighted by atomic mass is 9.82. The molecular weight excluding hydrogens is 268 g/mol. The van der Waals surface area contributed by atoms with Crippen LogP contribution in [0.4, 0.5) is 0 Å². The Bertz CT molecular complexity index is 454. The number of carbonyl (C=O) groups is 2. The average molecular weight is 292 g/mol. The van der Waals surface area contributed by atoms with Crippen molar-refractivity contribution in [2.45, 2.75) is 19.3 Å². The van der Waals surface area contributed by atoms with E-state index in [1.807, 2.05) is 12.2 Å². The summed E-state index contributed by atoms with van der Waals surface area (Å²) in [6.45, 7) is 2.85. The van der Waals surface area contributed by atoms with E-state index in [0.29, 0.717) is 12.5 Å². The van der Waals surface area contributed by atoms with Crippen molar-refractivity contribution in [3.8, 4) is 0 Å². The monoisotopic (exact) mass is 292 g/mol. The molecule has 116 valence electrons. The molecule has 1 saturated carbocycles. The standard InChI is InChI=1S/C16H24N2O3/c1-18-6-4-10(5-7-18)9-17-15(19)13-11-2-3-12(8-11)14(13)16(20)21/h2-3,10-14H,4-9H2,1H3,(H,17,19)(H,20,21). The van der Waals surface area contributed by atoms with Gasteiger partial charge in [-0.2, -0.15) is 0 Å². The lowest BCUT2D eigenvalue weighted by Gasteiger charge is -2.30. The van der Waals surface area contributed by atoms with Crippen LogP contribution in [0.25, 0.3) is 0 Å². The van der Waals surface area contributed by atoms with Crippen LogP contribution in [0.15, 0.2) is 12.2 Å². The maximum absolute atomic E-state index is 12.4. The lowest BCUT2D eigenvalue weighted by Crippen LogP contribution is -2.43. The number of allylic oxidation sites excluding steroid dienone is 2.